The minimum atomic E-state index is -0.265. The van der Waals surface area contributed by atoms with E-state index in [-0.39, 0.29) is 5.91 Å². The lowest BCUT2D eigenvalue weighted by molar-refractivity contribution is -0.111. The molecule has 0 unspecified atom stereocenters. The van der Waals surface area contributed by atoms with Crippen molar-refractivity contribution in [2.75, 3.05) is 5.32 Å². The van der Waals surface area contributed by atoms with E-state index in [1.807, 2.05) is 42.5 Å². The fourth-order valence-electron chi connectivity index (χ4n) is 3.12. The average Bonchev–Trinajstić information content (AvgIpc) is 3.36. The Hall–Kier alpha value is -3.10. The summed E-state index contributed by atoms with van der Waals surface area (Å²) in [5, 5.41) is 12.9. The van der Waals surface area contributed by atoms with Crippen LogP contribution in [-0.4, -0.2) is 5.91 Å². The van der Waals surface area contributed by atoms with Gasteiger partial charge in [0.1, 0.15) is 22.6 Å². The van der Waals surface area contributed by atoms with Crippen LogP contribution in [-0.2, 0) is 17.6 Å². The summed E-state index contributed by atoms with van der Waals surface area (Å²) in [6.45, 7) is 0. The van der Waals surface area contributed by atoms with Crippen molar-refractivity contribution in [3.05, 3.63) is 70.3 Å². The number of benzene rings is 1. The lowest BCUT2D eigenvalue weighted by Gasteiger charge is -2.00. The summed E-state index contributed by atoms with van der Waals surface area (Å²) >= 11 is 1.51. The smallest absolute Gasteiger partial charge is 0.249 e. The molecule has 5 heteroatoms. The minimum Gasteiger partial charge on any atom is -0.457 e. The Bertz CT molecular complexity index is 1020. The molecule has 0 atom stereocenters. The van der Waals surface area contributed by atoms with Crippen LogP contribution in [0.5, 0.6) is 0 Å². The van der Waals surface area contributed by atoms with E-state index >= 15 is 0 Å². The molecule has 2 aromatic heterocycles. The second-order valence-corrected chi connectivity index (χ2v) is 7.17. The Morgan fingerprint density at radius 2 is 2.04 bits per heavy atom. The second kappa shape index (κ2) is 7.03. The maximum Gasteiger partial charge on any atom is 0.249 e. The Morgan fingerprint density at radius 1 is 1.19 bits per heavy atom. The largest absolute Gasteiger partial charge is 0.457 e. The van der Waals surface area contributed by atoms with E-state index in [9.17, 15) is 10.1 Å². The molecule has 1 aliphatic rings. The minimum absolute atomic E-state index is 0.265. The molecule has 4 nitrogen and oxygen atoms in total. The Balaban J connectivity index is 1.46. The molecule has 0 spiro atoms. The third-order valence-electron chi connectivity index (χ3n) is 4.35. The van der Waals surface area contributed by atoms with Crippen molar-refractivity contribution in [2.24, 2.45) is 0 Å². The molecule has 0 radical (unpaired) electrons. The monoisotopic (exact) mass is 360 g/mol. The van der Waals surface area contributed by atoms with Crippen LogP contribution < -0.4 is 5.32 Å². The van der Waals surface area contributed by atoms with Gasteiger partial charge in [-0.25, -0.2) is 0 Å². The summed E-state index contributed by atoms with van der Waals surface area (Å²) in [7, 11) is 0. The molecule has 3 aromatic rings. The normalized spacial score (nSPS) is 12.9. The number of fused-ring (bicyclic) bond motifs is 1. The molecule has 0 fully saturated rings. The van der Waals surface area contributed by atoms with Gasteiger partial charge in [-0.3, -0.25) is 4.79 Å². The van der Waals surface area contributed by atoms with Crippen LogP contribution in [0.2, 0.25) is 0 Å². The number of furan rings is 1. The predicted octanol–water partition coefficient (Wildman–Crippen LogP) is 5.02. The molecule has 2 heterocycles. The first-order valence-electron chi connectivity index (χ1n) is 8.43. The van der Waals surface area contributed by atoms with Gasteiger partial charge in [-0.1, -0.05) is 30.3 Å². The molecule has 0 bridgehead atoms. The van der Waals surface area contributed by atoms with Crippen molar-refractivity contribution in [3.8, 4) is 17.4 Å². The molecule has 1 amide bonds. The highest BCUT2D eigenvalue weighted by molar-refractivity contribution is 7.16. The van der Waals surface area contributed by atoms with Crippen molar-refractivity contribution < 1.29 is 9.21 Å². The number of carbonyl (C=O) groups excluding carboxylic acids is 1. The van der Waals surface area contributed by atoms with E-state index < -0.39 is 0 Å². The number of aryl methyl sites for hydroxylation is 1. The Morgan fingerprint density at radius 3 is 2.85 bits per heavy atom. The third-order valence-corrected chi connectivity index (χ3v) is 5.56. The van der Waals surface area contributed by atoms with Gasteiger partial charge >= 0.3 is 0 Å². The van der Waals surface area contributed by atoms with Crippen LogP contribution in [0.25, 0.3) is 17.4 Å². The number of amides is 1. The first-order chi connectivity index (χ1) is 12.7. The lowest BCUT2D eigenvalue weighted by Crippen LogP contribution is -2.07. The van der Waals surface area contributed by atoms with E-state index in [4.69, 9.17) is 4.42 Å². The molecular weight excluding hydrogens is 344 g/mol. The fraction of sp³-hybridized carbons (Fsp3) is 0.143. The quantitative estimate of drug-likeness (QED) is 0.664. The molecule has 4 rings (SSSR count). The number of anilines is 1. The van der Waals surface area contributed by atoms with Gasteiger partial charge in [-0.15, -0.1) is 11.3 Å². The zero-order valence-electron chi connectivity index (χ0n) is 14.0. The molecule has 1 aliphatic carbocycles. The fourth-order valence-corrected chi connectivity index (χ4v) is 4.36. The van der Waals surface area contributed by atoms with Crippen LogP contribution in [0.15, 0.2) is 53.0 Å². The zero-order valence-corrected chi connectivity index (χ0v) is 14.8. The standard InChI is InChI=1S/C21H16N2O2S/c22-13-17-16-7-4-8-19(16)26-21(17)23-20(24)12-10-15-9-11-18(25-15)14-5-2-1-3-6-14/h1-3,5-6,9-12H,4,7-8H2,(H,23,24)/b12-10+. The SMILES string of the molecule is N#Cc1c(NC(=O)/C=C/c2ccc(-c3ccccc3)o2)sc2c1CCC2. The zero-order chi connectivity index (χ0) is 17.9. The number of hydrogen-bond acceptors (Lipinski definition) is 4. The van der Waals surface area contributed by atoms with Crippen molar-refractivity contribution in [1.29, 1.82) is 5.26 Å². The van der Waals surface area contributed by atoms with Crippen molar-refractivity contribution in [3.63, 3.8) is 0 Å². The lowest BCUT2D eigenvalue weighted by atomic mass is 10.1. The van der Waals surface area contributed by atoms with E-state index in [0.29, 0.717) is 16.3 Å². The maximum atomic E-state index is 12.2. The molecule has 0 saturated heterocycles. The summed E-state index contributed by atoms with van der Waals surface area (Å²) in [6.07, 6.45) is 6.07. The Labute approximate surface area is 155 Å². The first-order valence-corrected chi connectivity index (χ1v) is 9.25. The number of hydrogen-bond donors (Lipinski definition) is 1. The summed E-state index contributed by atoms with van der Waals surface area (Å²) in [4.78, 5) is 13.4. The number of nitriles is 1. The van der Waals surface area contributed by atoms with Crippen molar-refractivity contribution in [2.45, 2.75) is 19.3 Å². The van der Waals surface area contributed by atoms with Gasteiger partial charge < -0.3 is 9.73 Å². The van der Waals surface area contributed by atoms with E-state index in [2.05, 4.69) is 11.4 Å². The highest BCUT2D eigenvalue weighted by Gasteiger charge is 2.22. The van der Waals surface area contributed by atoms with Crippen LogP contribution in [0, 0.1) is 11.3 Å². The molecule has 1 aromatic carbocycles. The summed E-state index contributed by atoms with van der Waals surface area (Å²) in [5.41, 5.74) is 2.72. The van der Waals surface area contributed by atoms with Gasteiger partial charge in [0.25, 0.3) is 0 Å². The van der Waals surface area contributed by atoms with E-state index in [0.717, 1.165) is 36.1 Å². The van der Waals surface area contributed by atoms with Crippen LogP contribution in [0.4, 0.5) is 5.00 Å². The highest BCUT2D eigenvalue weighted by Crippen LogP contribution is 2.38. The molecule has 0 aliphatic heterocycles. The third kappa shape index (κ3) is 3.19. The number of carbonyl (C=O) groups is 1. The molecule has 128 valence electrons. The molecule has 26 heavy (non-hydrogen) atoms. The summed E-state index contributed by atoms with van der Waals surface area (Å²) in [5.74, 6) is 1.10. The first kappa shape index (κ1) is 16.4. The van der Waals surface area contributed by atoms with Crippen LogP contribution in [0.3, 0.4) is 0 Å². The highest BCUT2D eigenvalue weighted by atomic mass is 32.1. The summed E-state index contributed by atoms with van der Waals surface area (Å²) < 4.78 is 5.75. The van der Waals surface area contributed by atoms with Crippen molar-refractivity contribution in [1.82, 2.24) is 0 Å². The number of nitrogens with one attached hydrogen (secondary N) is 1. The Kier molecular flexibility index (Phi) is 4.42. The molecule has 1 N–H and O–H groups in total. The van der Waals surface area contributed by atoms with Gasteiger partial charge in [0.2, 0.25) is 5.91 Å². The van der Waals surface area contributed by atoms with Gasteiger partial charge in [0, 0.05) is 16.5 Å². The van der Waals surface area contributed by atoms with Gasteiger partial charge in [0.05, 0.1) is 5.56 Å². The van der Waals surface area contributed by atoms with Crippen molar-refractivity contribution >= 4 is 28.3 Å². The topological polar surface area (TPSA) is 66.0 Å². The van der Waals surface area contributed by atoms with Crippen LogP contribution in [0.1, 0.15) is 28.2 Å². The van der Waals surface area contributed by atoms with Gasteiger partial charge in [-0.2, -0.15) is 5.26 Å². The summed E-state index contributed by atoms with van der Waals surface area (Å²) in [6, 6.07) is 15.7. The van der Waals surface area contributed by atoms with E-state index in [1.54, 1.807) is 6.08 Å². The van der Waals surface area contributed by atoms with E-state index in [1.165, 1.54) is 22.3 Å². The maximum absolute atomic E-state index is 12.2. The molecular formula is C21H16N2O2S. The van der Waals surface area contributed by atoms with Gasteiger partial charge in [-0.05, 0) is 43.0 Å². The van der Waals surface area contributed by atoms with Gasteiger partial charge in [0.15, 0.2) is 0 Å². The molecule has 0 saturated carbocycles. The number of nitrogens with zero attached hydrogens (tertiary/aromatic N) is 1. The number of thiophene rings is 1. The average molecular weight is 360 g/mol. The second-order valence-electron chi connectivity index (χ2n) is 6.06. The van der Waals surface area contributed by atoms with Crippen LogP contribution >= 0.6 is 11.3 Å². The number of rotatable bonds is 4. The predicted molar refractivity (Wildman–Crippen MR) is 103 cm³/mol.